The Hall–Kier alpha value is -2.04. The van der Waals surface area contributed by atoms with Crippen LogP contribution in [0, 0.1) is 0 Å². The van der Waals surface area contributed by atoms with Crippen molar-refractivity contribution < 1.29 is 19.3 Å². The van der Waals surface area contributed by atoms with Gasteiger partial charge in [-0.05, 0) is 0 Å². The molecule has 114 valence electrons. The summed E-state index contributed by atoms with van der Waals surface area (Å²) in [5.74, 6) is -2.01. The molecular formula is C11H15FN6O3. The predicted octanol–water partition coefficient (Wildman–Crippen LogP) is -0.683. The SMILES string of the molecule is CC[C@]1(O)O[C@@H](n2cnc3c(N)nc(N)nc32)[C@H](F)[C@@H]1O. The molecule has 1 aliphatic heterocycles. The summed E-state index contributed by atoms with van der Waals surface area (Å²) in [7, 11) is 0. The van der Waals surface area contributed by atoms with E-state index in [4.69, 9.17) is 16.2 Å². The molecule has 1 aliphatic rings. The lowest BCUT2D eigenvalue weighted by atomic mass is 10.1. The Morgan fingerprint density at radius 1 is 1.48 bits per heavy atom. The van der Waals surface area contributed by atoms with E-state index in [1.54, 1.807) is 6.92 Å². The van der Waals surface area contributed by atoms with E-state index < -0.39 is 24.3 Å². The van der Waals surface area contributed by atoms with E-state index in [1.165, 1.54) is 10.9 Å². The fourth-order valence-electron chi connectivity index (χ4n) is 2.39. The molecule has 21 heavy (non-hydrogen) atoms. The summed E-state index contributed by atoms with van der Waals surface area (Å²) in [6, 6.07) is 0. The van der Waals surface area contributed by atoms with E-state index in [0.717, 1.165) is 0 Å². The van der Waals surface area contributed by atoms with E-state index in [2.05, 4.69) is 15.0 Å². The summed E-state index contributed by atoms with van der Waals surface area (Å²) in [6.07, 6.45) is -3.55. The second-order valence-corrected chi connectivity index (χ2v) is 4.89. The van der Waals surface area contributed by atoms with Crippen LogP contribution in [0.4, 0.5) is 16.2 Å². The number of hydrogen-bond acceptors (Lipinski definition) is 8. The van der Waals surface area contributed by atoms with Crippen LogP contribution in [0.5, 0.6) is 0 Å². The number of fused-ring (bicyclic) bond motifs is 1. The number of nitrogens with two attached hydrogens (primary N) is 2. The van der Waals surface area contributed by atoms with Crippen LogP contribution in [0.1, 0.15) is 19.6 Å². The molecular weight excluding hydrogens is 283 g/mol. The minimum Gasteiger partial charge on any atom is -0.384 e. The lowest BCUT2D eigenvalue weighted by molar-refractivity contribution is -0.238. The number of hydrogen-bond donors (Lipinski definition) is 4. The van der Waals surface area contributed by atoms with Crippen molar-refractivity contribution in [1.82, 2.24) is 19.5 Å². The van der Waals surface area contributed by atoms with Crippen molar-refractivity contribution in [3.05, 3.63) is 6.33 Å². The highest BCUT2D eigenvalue weighted by atomic mass is 19.1. The van der Waals surface area contributed by atoms with Gasteiger partial charge in [0.25, 0.3) is 0 Å². The summed E-state index contributed by atoms with van der Waals surface area (Å²) in [5, 5.41) is 19.9. The number of halogens is 1. The number of rotatable bonds is 2. The van der Waals surface area contributed by atoms with Crippen molar-refractivity contribution in [3.8, 4) is 0 Å². The fourth-order valence-corrected chi connectivity index (χ4v) is 2.39. The van der Waals surface area contributed by atoms with Crippen LogP contribution in [0.15, 0.2) is 6.33 Å². The lowest BCUT2D eigenvalue weighted by Gasteiger charge is -2.23. The average Bonchev–Trinajstić information content (AvgIpc) is 2.95. The fraction of sp³-hybridized carbons (Fsp3) is 0.545. The van der Waals surface area contributed by atoms with E-state index >= 15 is 0 Å². The standard InChI is InChI=1S/C11H15FN6O3/c1-2-11(20)6(19)4(12)9(21-11)18-3-15-5-7(13)16-10(14)17-8(5)18/h3-4,6,9,19-20H,2H2,1H3,(H4,13,14,16,17)/t4-,6+,9-,11+/m1/s1. The number of aliphatic hydroxyl groups excluding tert-OH is 1. The number of aliphatic hydroxyl groups is 2. The first kappa shape index (κ1) is 13.9. The van der Waals surface area contributed by atoms with Crippen LogP contribution in [0.3, 0.4) is 0 Å². The monoisotopic (exact) mass is 298 g/mol. The largest absolute Gasteiger partial charge is 0.384 e. The maximum Gasteiger partial charge on any atom is 0.224 e. The molecule has 0 bridgehead atoms. The molecule has 0 aliphatic carbocycles. The zero-order chi connectivity index (χ0) is 15.4. The van der Waals surface area contributed by atoms with E-state index in [9.17, 15) is 14.6 Å². The zero-order valence-corrected chi connectivity index (χ0v) is 11.1. The molecule has 0 spiro atoms. The molecule has 0 aromatic carbocycles. The van der Waals surface area contributed by atoms with Crippen LogP contribution < -0.4 is 11.5 Å². The van der Waals surface area contributed by atoms with Gasteiger partial charge in [0.1, 0.15) is 11.6 Å². The first-order valence-electron chi connectivity index (χ1n) is 6.35. The third-order valence-electron chi connectivity index (χ3n) is 3.61. The molecule has 0 amide bonds. The minimum absolute atomic E-state index is 0.0248. The number of imidazole rings is 1. The number of alkyl halides is 1. The molecule has 3 rings (SSSR count). The van der Waals surface area contributed by atoms with Gasteiger partial charge >= 0.3 is 0 Å². The summed E-state index contributed by atoms with van der Waals surface area (Å²) in [6.45, 7) is 1.57. The smallest absolute Gasteiger partial charge is 0.224 e. The van der Waals surface area contributed by atoms with Crippen LogP contribution in [-0.4, -0.2) is 47.8 Å². The van der Waals surface area contributed by atoms with Crippen molar-refractivity contribution in [1.29, 1.82) is 0 Å². The third kappa shape index (κ3) is 1.91. The van der Waals surface area contributed by atoms with Gasteiger partial charge in [0.2, 0.25) is 5.95 Å². The molecule has 3 heterocycles. The summed E-state index contributed by atoms with van der Waals surface area (Å²) < 4.78 is 20.8. The molecule has 6 N–H and O–H groups in total. The van der Waals surface area contributed by atoms with Crippen molar-refractivity contribution in [3.63, 3.8) is 0 Å². The van der Waals surface area contributed by atoms with Gasteiger partial charge in [-0.1, -0.05) is 6.92 Å². The Labute approximate surface area is 118 Å². The van der Waals surface area contributed by atoms with Gasteiger partial charge in [-0.2, -0.15) is 9.97 Å². The van der Waals surface area contributed by atoms with Crippen molar-refractivity contribution in [2.24, 2.45) is 0 Å². The molecule has 10 heteroatoms. The second kappa shape index (κ2) is 4.48. The molecule has 9 nitrogen and oxygen atoms in total. The minimum atomic E-state index is -1.97. The van der Waals surface area contributed by atoms with Crippen LogP contribution >= 0.6 is 0 Å². The highest BCUT2D eigenvalue weighted by Gasteiger charge is 2.54. The molecule has 2 aromatic rings. The lowest BCUT2D eigenvalue weighted by Crippen LogP contribution is -2.41. The molecule has 0 radical (unpaired) electrons. The third-order valence-corrected chi connectivity index (χ3v) is 3.61. The highest BCUT2D eigenvalue weighted by molar-refractivity contribution is 5.82. The Balaban J connectivity index is 2.10. The van der Waals surface area contributed by atoms with Crippen LogP contribution in [-0.2, 0) is 4.74 Å². The van der Waals surface area contributed by atoms with Gasteiger partial charge in [-0.25, -0.2) is 9.37 Å². The Morgan fingerprint density at radius 3 is 2.81 bits per heavy atom. The molecule has 1 saturated heterocycles. The molecule has 4 atom stereocenters. The summed E-state index contributed by atoms with van der Waals surface area (Å²) in [4.78, 5) is 11.7. The Bertz CT molecular complexity index is 694. The predicted molar refractivity (Wildman–Crippen MR) is 70.4 cm³/mol. The first-order chi connectivity index (χ1) is 9.87. The topological polar surface area (TPSA) is 145 Å². The molecule has 0 saturated carbocycles. The summed E-state index contributed by atoms with van der Waals surface area (Å²) in [5.41, 5.74) is 11.6. The Kier molecular flexibility index (Phi) is 2.97. The highest BCUT2D eigenvalue weighted by Crippen LogP contribution is 2.40. The number of ether oxygens (including phenoxy) is 1. The van der Waals surface area contributed by atoms with E-state index in [1.807, 2.05) is 0 Å². The van der Waals surface area contributed by atoms with Gasteiger partial charge < -0.3 is 26.4 Å². The van der Waals surface area contributed by atoms with Gasteiger partial charge in [0, 0.05) is 6.42 Å². The molecule has 2 aromatic heterocycles. The quantitative estimate of drug-likeness (QED) is 0.570. The van der Waals surface area contributed by atoms with Gasteiger partial charge in [0.05, 0.1) is 6.33 Å². The second-order valence-electron chi connectivity index (χ2n) is 4.89. The van der Waals surface area contributed by atoms with Gasteiger partial charge in [-0.3, -0.25) is 4.57 Å². The molecule has 1 fully saturated rings. The first-order valence-corrected chi connectivity index (χ1v) is 6.35. The maximum atomic E-state index is 14.3. The van der Waals surface area contributed by atoms with Gasteiger partial charge in [0.15, 0.2) is 29.7 Å². The van der Waals surface area contributed by atoms with Crippen molar-refractivity contribution in [2.45, 2.75) is 37.6 Å². The number of aromatic nitrogens is 4. The number of nitrogen functional groups attached to an aromatic ring is 2. The Morgan fingerprint density at radius 2 is 2.19 bits per heavy atom. The van der Waals surface area contributed by atoms with Gasteiger partial charge in [-0.15, -0.1) is 0 Å². The maximum absolute atomic E-state index is 14.3. The van der Waals surface area contributed by atoms with E-state index in [-0.39, 0.29) is 29.4 Å². The van der Waals surface area contributed by atoms with Crippen molar-refractivity contribution in [2.75, 3.05) is 11.5 Å². The molecule has 0 unspecified atom stereocenters. The van der Waals surface area contributed by atoms with E-state index in [0.29, 0.717) is 0 Å². The number of nitrogens with zero attached hydrogens (tertiary/aromatic N) is 4. The average molecular weight is 298 g/mol. The zero-order valence-electron chi connectivity index (χ0n) is 11.1. The normalized spacial score (nSPS) is 32.9. The van der Waals surface area contributed by atoms with Crippen LogP contribution in [0.25, 0.3) is 11.2 Å². The van der Waals surface area contributed by atoms with Crippen molar-refractivity contribution >= 4 is 22.9 Å². The number of anilines is 2. The van der Waals surface area contributed by atoms with Crippen LogP contribution in [0.2, 0.25) is 0 Å². The summed E-state index contributed by atoms with van der Waals surface area (Å²) >= 11 is 0.